The highest BCUT2D eigenvalue weighted by molar-refractivity contribution is 6.31. The molecule has 0 spiro atoms. The second kappa shape index (κ2) is 5.01. The van der Waals surface area contributed by atoms with Crippen LogP contribution in [0.1, 0.15) is 16.1 Å². The van der Waals surface area contributed by atoms with Gasteiger partial charge in [-0.05, 0) is 29.8 Å². The van der Waals surface area contributed by atoms with Crippen molar-refractivity contribution in [3.8, 4) is 0 Å². The van der Waals surface area contributed by atoms with E-state index in [1.807, 2.05) is 0 Å². The van der Waals surface area contributed by atoms with Crippen molar-refractivity contribution in [2.24, 2.45) is 0 Å². The Bertz CT molecular complexity index is 545. The minimum Gasteiger partial charge on any atom is -0.292 e. The summed E-state index contributed by atoms with van der Waals surface area (Å²) in [6, 6.07) is 5.44. The van der Waals surface area contributed by atoms with E-state index >= 15 is 0 Å². The molecule has 0 aliphatic rings. The van der Waals surface area contributed by atoms with Gasteiger partial charge in [-0.1, -0.05) is 11.6 Å². The van der Waals surface area contributed by atoms with Gasteiger partial charge in [-0.3, -0.25) is 4.79 Å². The Labute approximate surface area is 102 Å². The van der Waals surface area contributed by atoms with Crippen molar-refractivity contribution in [3.63, 3.8) is 0 Å². The van der Waals surface area contributed by atoms with Gasteiger partial charge in [0.05, 0.1) is 0 Å². The number of hydrogen-bond donors (Lipinski definition) is 0. The summed E-state index contributed by atoms with van der Waals surface area (Å²) in [6.07, 6.45) is 2.79. The molecule has 0 radical (unpaired) electrons. The summed E-state index contributed by atoms with van der Waals surface area (Å²) in [6.45, 7) is 0. The first-order chi connectivity index (χ1) is 8.16. The van der Waals surface area contributed by atoms with Crippen LogP contribution in [0.4, 0.5) is 4.39 Å². The molecule has 1 heterocycles. The fourth-order valence-corrected chi connectivity index (χ4v) is 1.58. The monoisotopic (exact) mass is 250 g/mol. The topological polar surface area (TPSA) is 42.9 Å². The number of hydrogen-bond acceptors (Lipinski definition) is 3. The van der Waals surface area contributed by atoms with Gasteiger partial charge in [0.2, 0.25) is 0 Å². The van der Waals surface area contributed by atoms with E-state index in [1.54, 1.807) is 0 Å². The standard InChI is InChI=1S/C12H8ClFN2O/c13-10-2-1-9(14)5-8(10)6-12(17)11-3-4-15-7-16-11/h1-5,7H,6H2. The number of nitrogens with zero attached hydrogens (tertiary/aromatic N) is 2. The molecule has 17 heavy (non-hydrogen) atoms. The third kappa shape index (κ3) is 2.85. The maximum Gasteiger partial charge on any atom is 0.185 e. The van der Waals surface area contributed by atoms with Gasteiger partial charge in [-0.2, -0.15) is 0 Å². The quantitative estimate of drug-likeness (QED) is 0.787. The van der Waals surface area contributed by atoms with E-state index in [9.17, 15) is 9.18 Å². The summed E-state index contributed by atoms with van der Waals surface area (Å²) in [5.41, 5.74) is 0.746. The van der Waals surface area contributed by atoms with Crippen molar-refractivity contribution in [3.05, 3.63) is 58.9 Å². The van der Waals surface area contributed by atoms with E-state index in [0.717, 1.165) is 0 Å². The van der Waals surface area contributed by atoms with E-state index in [4.69, 9.17) is 11.6 Å². The van der Waals surface area contributed by atoms with Crippen molar-refractivity contribution in [1.29, 1.82) is 0 Å². The number of aromatic nitrogens is 2. The van der Waals surface area contributed by atoms with Crippen LogP contribution < -0.4 is 0 Å². The second-order valence-corrected chi connectivity index (χ2v) is 3.84. The largest absolute Gasteiger partial charge is 0.292 e. The summed E-state index contributed by atoms with van der Waals surface area (Å²) >= 11 is 5.88. The van der Waals surface area contributed by atoms with E-state index in [-0.39, 0.29) is 12.2 Å². The Balaban J connectivity index is 2.22. The van der Waals surface area contributed by atoms with Gasteiger partial charge in [0.1, 0.15) is 17.8 Å². The fourth-order valence-electron chi connectivity index (χ4n) is 1.40. The SMILES string of the molecule is O=C(Cc1cc(F)ccc1Cl)c1ccncn1. The van der Waals surface area contributed by atoms with Gasteiger partial charge >= 0.3 is 0 Å². The molecule has 86 valence electrons. The maximum absolute atomic E-state index is 13.0. The summed E-state index contributed by atoms with van der Waals surface area (Å²) in [4.78, 5) is 19.4. The summed E-state index contributed by atoms with van der Waals surface area (Å²) in [5, 5.41) is 0.369. The third-order valence-electron chi connectivity index (χ3n) is 2.23. The lowest BCUT2D eigenvalue weighted by Crippen LogP contribution is -2.06. The van der Waals surface area contributed by atoms with Crippen LogP contribution in [0.5, 0.6) is 0 Å². The van der Waals surface area contributed by atoms with Crippen molar-refractivity contribution in [2.45, 2.75) is 6.42 Å². The molecule has 3 nitrogen and oxygen atoms in total. The van der Waals surface area contributed by atoms with E-state index in [0.29, 0.717) is 16.3 Å². The molecule has 0 unspecified atom stereocenters. The molecule has 2 rings (SSSR count). The molecule has 0 N–H and O–H groups in total. The zero-order valence-corrected chi connectivity index (χ0v) is 9.49. The molecule has 0 saturated carbocycles. The Kier molecular flexibility index (Phi) is 3.44. The predicted molar refractivity (Wildman–Crippen MR) is 61.5 cm³/mol. The summed E-state index contributed by atoms with van der Waals surface area (Å²) < 4.78 is 13.0. The number of rotatable bonds is 3. The van der Waals surface area contributed by atoms with E-state index in [2.05, 4.69) is 9.97 Å². The average molecular weight is 251 g/mol. The molecule has 1 aromatic heterocycles. The molecule has 0 aliphatic heterocycles. The number of ketones is 1. The first kappa shape index (κ1) is 11.7. The molecule has 5 heteroatoms. The Morgan fingerprint density at radius 2 is 2.18 bits per heavy atom. The third-order valence-corrected chi connectivity index (χ3v) is 2.60. The lowest BCUT2D eigenvalue weighted by atomic mass is 10.1. The highest BCUT2D eigenvalue weighted by atomic mass is 35.5. The van der Waals surface area contributed by atoms with Crippen molar-refractivity contribution < 1.29 is 9.18 Å². The van der Waals surface area contributed by atoms with Gasteiger partial charge in [-0.15, -0.1) is 0 Å². The first-order valence-corrected chi connectivity index (χ1v) is 5.28. The van der Waals surface area contributed by atoms with Gasteiger partial charge in [0.15, 0.2) is 5.78 Å². The second-order valence-electron chi connectivity index (χ2n) is 3.43. The van der Waals surface area contributed by atoms with Gasteiger partial charge in [0.25, 0.3) is 0 Å². The predicted octanol–water partition coefficient (Wildman–Crippen LogP) is 2.69. The highest BCUT2D eigenvalue weighted by Gasteiger charge is 2.11. The normalized spacial score (nSPS) is 10.2. The number of halogens is 2. The number of carbonyl (C=O) groups excluding carboxylic acids is 1. The van der Waals surface area contributed by atoms with Crippen LogP contribution in [0.25, 0.3) is 0 Å². The lowest BCUT2D eigenvalue weighted by molar-refractivity contribution is 0.0988. The molecular weight excluding hydrogens is 243 g/mol. The van der Waals surface area contributed by atoms with Gasteiger partial charge < -0.3 is 0 Å². The summed E-state index contributed by atoms with van der Waals surface area (Å²) in [5.74, 6) is -0.639. The Hall–Kier alpha value is -1.81. The van der Waals surface area contributed by atoms with Crippen LogP contribution in [0.15, 0.2) is 36.8 Å². The Morgan fingerprint density at radius 1 is 1.35 bits per heavy atom. The maximum atomic E-state index is 13.0. The van der Waals surface area contributed by atoms with Crippen LogP contribution in [0.3, 0.4) is 0 Å². The molecule has 0 saturated heterocycles. The summed E-state index contributed by atoms with van der Waals surface area (Å²) in [7, 11) is 0. The minimum atomic E-state index is -0.417. The number of benzene rings is 1. The lowest BCUT2D eigenvalue weighted by Gasteiger charge is -2.03. The molecule has 0 aliphatic carbocycles. The molecule has 0 atom stereocenters. The molecular formula is C12H8ClFN2O. The van der Waals surface area contributed by atoms with E-state index < -0.39 is 5.82 Å². The van der Waals surface area contributed by atoms with Crippen molar-refractivity contribution in [1.82, 2.24) is 9.97 Å². The Morgan fingerprint density at radius 3 is 2.88 bits per heavy atom. The molecule has 1 aromatic carbocycles. The zero-order chi connectivity index (χ0) is 12.3. The highest BCUT2D eigenvalue weighted by Crippen LogP contribution is 2.18. The van der Waals surface area contributed by atoms with Crippen LogP contribution >= 0.6 is 11.6 Å². The van der Waals surface area contributed by atoms with Crippen LogP contribution in [0, 0.1) is 5.82 Å². The van der Waals surface area contributed by atoms with Gasteiger partial charge in [-0.25, -0.2) is 14.4 Å². The van der Waals surface area contributed by atoms with Gasteiger partial charge in [0, 0.05) is 17.6 Å². The average Bonchev–Trinajstić information content (AvgIpc) is 2.35. The zero-order valence-electron chi connectivity index (χ0n) is 8.73. The number of carbonyl (C=O) groups is 1. The van der Waals surface area contributed by atoms with Crippen LogP contribution in [-0.2, 0) is 6.42 Å². The molecule has 2 aromatic rings. The van der Waals surface area contributed by atoms with Crippen molar-refractivity contribution >= 4 is 17.4 Å². The first-order valence-electron chi connectivity index (χ1n) is 4.90. The molecule has 0 bridgehead atoms. The molecule has 0 amide bonds. The van der Waals surface area contributed by atoms with Crippen molar-refractivity contribution in [2.75, 3.05) is 0 Å². The van der Waals surface area contributed by atoms with Crippen LogP contribution in [-0.4, -0.2) is 15.8 Å². The number of Topliss-reactive ketones (excluding diaryl/α,β-unsaturated/α-hetero) is 1. The smallest absolute Gasteiger partial charge is 0.185 e. The van der Waals surface area contributed by atoms with Crippen LogP contribution in [0.2, 0.25) is 5.02 Å². The molecule has 0 fully saturated rings. The van der Waals surface area contributed by atoms with E-state index in [1.165, 1.54) is 36.8 Å². The fraction of sp³-hybridized carbons (Fsp3) is 0.0833. The minimum absolute atomic E-state index is 0.0214.